The molecule has 0 aromatic heterocycles. The van der Waals surface area contributed by atoms with Crippen molar-refractivity contribution in [2.45, 2.75) is 26.4 Å². The molecule has 0 saturated heterocycles. The molecule has 0 fully saturated rings. The lowest BCUT2D eigenvalue weighted by molar-refractivity contribution is 0.305. The molecule has 0 spiro atoms. The molecule has 20 heavy (non-hydrogen) atoms. The maximum absolute atomic E-state index is 5.79. The summed E-state index contributed by atoms with van der Waals surface area (Å²) in [5.41, 5.74) is 2.43. The van der Waals surface area contributed by atoms with Crippen LogP contribution in [0.25, 0.3) is 0 Å². The van der Waals surface area contributed by atoms with Crippen molar-refractivity contribution in [2.24, 2.45) is 0 Å². The van der Waals surface area contributed by atoms with Crippen LogP contribution in [0.5, 0.6) is 11.5 Å². The first kappa shape index (κ1) is 14.9. The van der Waals surface area contributed by atoms with E-state index >= 15 is 0 Å². The van der Waals surface area contributed by atoms with Crippen LogP contribution in [0, 0.1) is 0 Å². The lowest BCUT2D eigenvalue weighted by atomic mass is 10.0. The smallest absolute Gasteiger partial charge is 0.133 e. The number of ether oxygens (including phenoxy) is 2. The summed E-state index contributed by atoms with van der Waals surface area (Å²) in [5.74, 6) is 2.26. The van der Waals surface area contributed by atoms with Crippen LogP contribution < -0.4 is 9.47 Å². The maximum Gasteiger partial charge on any atom is 0.133 e. The average molecular weight is 335 g/mol. The molecular weight excluding hydrogens is 316 g/mol. The van der Waals surface area contributed by atoms with Gasteiger partial charge in [0.15, 0.2) is 0 Å². The van der Waals surface area contributed by atoms with E-state index in [1.54, 1.807) is 7.11 Å². The Labute approximate surface area is 128 Å². The van der Waals surface area contributed by atoms with Crippen molar-refractivity contribution in [2.75, 3.05) is 7.11 Å². The molecule has 0 saturated carbocycles. The van der Waals surface area contributed by atoms with Crippen LogP contribution in [0.2, 0.25) is 0 Å². The predicted molar refractivity (Wildman–Crippen MR) is 85.6 cm³/mol. The first-order valence-corrected chi connectivity index (χ1v) is 7.44. The van der Waals surface area contributed by atoms with Gasteiger partial charge in [0.05, 0.1) is 11.6 Å². The van der Waals surface area contributed by atoms with Crippen LogP contribution in [0.3, 0.4) is 0 Å². The van der Waals surface area contributed by atoms with Crippen LogP contribution in [-0.4, -0.2) is 7.11 Å². The predicted octanol–water partition coefficient (Wildman–Crippen LogP) is 5.16. The van der Waals surface area contributed by atoms with E-state index in [1.165, 1.54) is 5.56 Å². The SMILES string of the molecule is COc1ccc(COc2ccc(C(C)C)cc2)cc1Br. The highest BCUT2D eigenvalue weighted by Crippen LogP contribution is 2.26. The van der Waals surface area contributed by atoms with Gasteiger partial charge in [-0.25, -0.2) is 0 Å². The molecule has 2 nitrogen and oxygen atoms in total. The van der Waals surface area contributed by atoms with E-state index in [4.69, 9.17) is 9.47 Å². The van der Waals surface area contributed by atoms with E-state index < -0.39 is 0 Å². The first-order valence-electron chi connectivity index (χ1n) is 6.65. The molecular formula is C17H19BrO2. The monoisotopic (exact) mass is 334 g/mol. The van der Waals surface area contributed by atoms with E-state index in [1.807, 2.05) is 30.3 Å². The molecule has 0 atom stereocenters. The molecule has 106 valence electrons. The summed E-state index contributed by atoms with van der Waals surface area (Å²) in [6.07, 6.45) is 0. The van der Waals surface area contributed by atoms with Crippen molar-refractivity contribution in [3.63, 3.8) is 0 Å². The normalized spacial score (nSPS) is 10.7. The molecule has 2 rings (SSSR count). The van der Waals surface area contributed by atoms with Gasteiger partial charge < -0.3 is 9.47 Å². The number of halogens is 1. The van der Waals surface area contributed by atoms with Crippen LogP contribution in [0.1, 0.15) is 30.9 Å². The molecule has 0 radical (unpaired) electrons. The zero-order valence-electron chi connectivity index (χ0n) is 12.0. The third kappa shape index (κ3) is 3.76. The Kier molecular flexibility index (Phi) is 5.07. The Morgan fingerprint density at radius 3 is 2.30 bits per heavy atom. The fraction of sp³-hybridized carbons (Fsp3) is 0.294. The molecule has 0 amide bonds. The molecule has 0 heterocycles. The van der Waals surface area contributed by atoms with E-state index in [-0.39, 0.29) is 0 Å². The van der Waals surface area contributed by atoms with E-state index in [0.717, 1.165) is 21.5 Å². The number of benzene rings is 2. The summed E-state index contributed by atoms with van der Waals surface area (Å²) in [5, 5.41) is 0. The van der Waals surface area contributed by atoms with E-state index in [2.05, 4.69) is 41.9 Å². The van der Waals surface area contributed by atoms with Crippen molar-refractivity contribution in [1.82, 2.24) is 0 Å². The quantitative estimate of drug-likeness (QED) is 0.751. The lowest BCUT2D eigenvalue weighted by Crippen LogP contribution is -1.96. The Hall–Kier alpha value is -1.48. The van der Waals surface area contributed by atoms with Gasteiger partial charge >= 0.3 is 0 Å². The highest BCUT2D eigenvalue weighted by Gasteiger charge is 2.03. The maximum atomic E-state index is 5.79. The minimum absolute atomic E-state index is 0.543. The second-order valence-electron chi connectivity index (χ2n) is 4.98. The van der Waals surface area contributed by atoms with Crippen LogP contribution in [0.4, 0.5) is 0 Å². The van der Waals surface area contributed by atoms with Crippen molar-refractivity contribution in [1.29, 1.82) is 0 Å². The summed E-state index contributed by atoms with van der Waals surface area (Å²) in [7, 11) is 1.66. The third-order valence-corrected chi connectivity index (χ3v) is 3.79. The summed E-state index contributed by atoms with van der Waals surface area (Å²) in [6, 6.07) is 14.2. The molecule has 0 aliphatic heterocycles. The number of methoxy groups -OCH3 is 1. The van der Waals surface area contributed by atoms with E-state index in [0.29, 0.717) is 12.5 Å². The van der Waals surface area contributed by atoms with Gasteiger partial charge in [0.1, 0.15) is 18.1 Å². The largest absolute Gasteiger partial charge is 0.496 e. The topological polar surface area (TPSA) is 18.5 Å². The Morgan fingerprint density at radius 1 is 1.05 bits per heavy atom. The van der Waals surface area contributed by atoms with Crippen molar-refractivity contribution in [3.05, 3.63) is 58.1 Å². The molecule has 2 aromatic carbocycles. The second-order valence-corrected chi connectivity index (χ2v) is 5.84. The van der Waals surface area contributed by atoms with Gasteiger partial charge in [0.2, 0.25) is 0 Å². The van der Waals surface area contributed by atoms with Gasteiger partial charge in [-0.3, -0.25) is 0 Å². The molecule has 0 aliphatic rings. The van der Waals surface area contributed by atoms with Gasteiger partial charge in [-0.15, -0.1) is 0 Å². The van der Waals surface area contributed by atoms with Gasteiger partial charge in [-0.2, -0.15) is 0 Å². The van der Waals surface area contributed by atoms with Crippen LogP contribution >= 0.6 is 15.9 Å². The minimum Gasteiger partial charge on any atom is -0.496 e. The number of rotatable bonds is 5. The second kappa shape index (κ2) is 6.80. The van der Waals surface area contributed by atoms with Gasteiger partial charge in [0, 0.05) is 0 Å². The molecule has 2 aromatic rings. The van der Waals surface area contributed by atoms with Crippen molar-refractivity contribution < 1.29 is 9.47 Å². The van der Waals surface area contributed by atoms with Gasteiger partial charge in [-0.1, -0.05) is 32.0 Å². The number of hydrogen-bond donors (Lipinski definition) is 0. The van der Waals surface area contributed by atoms with E-state index in [9.17, 15) is 0 Å². The summed E-state index contributed by atoms with van der Waals surface area (Å²) < 4.78 is 11.9. The standard InChI is InChI=1S/C17H19BrO2/c1-12(2)14-5-7-15(8-6-14)20-11-13-4-9-17(19-3)16(18)10-13/h4-10,12H,11H2,1-3H3. The average Bonchev–Trinajstić information content (AvgIpc) is 2.45. The molecule has 0 unspecified atom stereocenters. The molecule has 0 N–H and O–H groups in total. The third-order valence-electron chi connectivity index (χ3n) is 3.17. The summed E-state index contributed by atoms with van der Waals surface area (Å²) in [6.45, 7) is 4.92. The summed E-state index contributed by atoms with van der Waals surface area (Å²) in [4.78, 5) is 0. The van der Waals surface area contributed by atoms with Gasteiger partial charge in [0.25, 0.3) is 0 Å². The molecule has 3 heteroatoms. The highest BCUT2D eigenvalue weighted by atomic mass is 79.9. The fourth-order valence-corrected chi connectivity index (χ4v) is 2.50. The van der Waals surface area contributed by atoms with Crippen LogP contribution in [0.15, 0.2) is 46.9 Å². The Bertz CT molecular complexity index is 562. The van der Waals surface area contributed by atoms with Crippen molar-refractivity contribution >= 4 is 15.9 Å². The fourth-order valence-electron chi connectivity index (χ4n) is 1.92. The zero-order chi connectivity index (χ0) is 14.5. The summed E-state index contributed by atoms with van der Waals surface area (Å²) >= 11 is 3.48. The first-order chi connectivity index (χ1) is 9.60. The van der Waals surface area contributed by atoms with Gasteiger partial charge in [-0.05, 0) is 57.2 Å². The highest BCUT2D eigenvalue weighted by molar-refractivity contribution is 9.10. The zero-order valence-corrected chi connectivity index (χ0v) is 13.6. The Balaban J connectivity index is 1.99. The lowest BCUT2D eigenvalue weighted by Gasteiger charge is -2.10. The molecule has 0 bridgehead atoms. The minimum atomic E-state index is 0.543. The van der Waals surface area contributed by atoms with Crippen molar-refractivity contribution in [3.8, 4) is 11.5 Å². The molecule has 0 aliphatic carbocycles. The van der Waals surface area contributed by atoms with Crippen LogP contribution in [-0.2, 0) is 6.61 Å². The number of hydrogen-bond acceptors (Lipinski definition) is 2. The Morgan fingerprint density at radius 2 is 1.75 bits per heavy atom.